The number of carboxylic acids is 1. The van der Waals surface area contributed by atoms with Gasteiger partial charge in [0, 0.05) is 6.54 Å². The van der Waals surface area contributed by atoms with Crippen molar-refractivity contribution in [3.05, 3.63) is 23.6 Å². The van der Waals surface area contributed by atoms with E-state index in [4.69, 9.17) is 10.2 Å². The van der Waals surface area contributed by atoms with Gasteiger partial charge in [-0.25, -0.2) is 22.9 Å². The van der Waals surface area contributed by atoms with Gasteiger partial charge in [-0.3, -0.25) is 0 Å². The number of alkyl halides is 2. The second kappa shape index (κ2) is 5.48. The number of carbonyl (C=O) groups is 1. The fourth-order valence-electron chi connectivity index (χ4n) is 1.03. The number of halogens is 3. The Morgan fingerprint density at radius 3 is 2.71 bits per heavy atom. The smallest absolute Gasteiger partial charge is 0.339 e. The summed E-state index contributed by atoms with van der Waals surface area (Å²) >= 11 is 0. The predicted molar refractivity (Wildman–Crippen MR) is 51.7 cm³/mol. The van der Waals surface area contributed by atoms with Gasteiger partial charge in [0.1, 0.15) is 23.3 Å². The molecule has 1 aromatic rings. The molecule has 1 unspecified atom stereocenters. The van der Waals surface area contributed by atoms with E-state index < -0.39 is 36.4 Å². The molecule has 0 aliphatic rings. The zero-order valence-corrected chi connectivity index (χ0v) is 8.40. The number of nitrogens with one attached hydrogen (secondary N) is 1. The summed E-state index contributed by atoms with van der Waals surface area (Å²) in [5, 5.41) is 19.7. The van der Waals surface area contributed by atoms with Crippen molar-refractivity contribution in [2.24, 2.45) is 0 Å². The zero-order chi connectivity index (χ0) is 13.0. The average Bonchev–Trinajstić information content (AvgIpc) is 2.26. The SMILES string of the molecule is O=C(O)c1cc(F)cnc1NCC(O)C(F)F. The van der Waals surface area contributed by atoms with Crippen molar-refractivity contribution in [1.29, 1.82) is 0 Å². The Kier molecular flexibility index (Phi) is 4.27. The van der Waals surface area contributed by atoms with Gasteiger partial charge in [-0.05, 0) is 6.07 Å². The molecule has 0 saturated carbocycles. The lowest BCUT2D eigenvalue weighted by Gasteiger charge is -2.12. The molecule has 1 atom stereocenters. The van der Waals surface area contributed by atoms with Gasteiger partial charge in [-0.2, -0.15) is 0 Å². The Labute approximate surface area is 93.9 Å². The molecule has 3 N–H and O–H groups in total. The van der Waals surface area contributed by atoms with Crippen molar-refractivity contribution >= 4 is 11.8 Å². The highest BCUT2D eigenvalue weighted by Crippen LogP contribution is 2.14. The molecular weight excluding hydrogens is 241 g/mol. The van der Waals surface area contributed by atoms with Gasteiger partial charge in [0.15, 0.2) is 0 Å². The van der Waals surface area contributed by atoms with Crippen LogP contribution in [-0.2, 0) is 0 Å². The van der Waals surface area contributed by atoms with Crippen molar-refractivity contribution < 1.29 is 28.2 Å². The van der Waals surface area contributed by atoms with Crippen molar-refractivity contribution in [3.63, 3.8) is 0 Å². The Hall–Kier alpha value is -1.83. The normalized spacial score (nSPS) is 12.5. The maximum atomic E-state index is 12.7. The number of anilines is 1. The number of nitrogens with zero attached hydrogens (tertiary/aromatic N) is 1. The monoisotopic (exact) mass is 250 g/mol. The number of carboxylic acid groups (broad SMARTS) is 1. The molecule has 0 aliphatic carbocycles. The summed E-state index contributed by atoms with van der Waals surface area (Å²) in [7, 11) is 0. The molecule has 1 rings (SSSR count). The van der Waals surface area contributed by atoms with E-state index >= 15 is 0 Å². The van der Waals surface area contributed by atoms with E-state index in [1.165, 1.54) is 0 Å². The molecule has 0 aromatic carbocycles. The van der Waals surface area contributed by atoms with Gasteiger partial charge in [0.25, 0.3) is 6.43 Å². The third-order valence-electron chi connectivity index (χ3n) is 1.85. The van der Waals surface area contributed by atoms with Gasteiger partial charge < -0.3 is 15.5 Å². The highest BCUT2D eigenvalue weighted by Gasteiger charge is 2.18. The summed E-state index contributed by atoms with van der Waals surface area (Å²) in [5.41, 5.74) is -0.494. The number of rotatable bonds is 5. The van der Waals surface area contributed by atoms with E-state index in [2.05, 4.69) is 10.3 Å². The minimum Gasteiger partial charge on any atom is -0.478 e. The van der Waals surface area contributed by atoms with Crippen LogP contribution >= 0.6 is 0 Å². The van der Waals surface area contributed by atoms with Gasteiger partial charge >= 0.3 is 5.97 Å². The molecule has 1 heterocycles. The molecule has 94 valence electrons. The summed E-state index contributed by atoms with van der Waals surface area (Å²) in [6, 6.07) is 0.701. The van der Waals surface area contributed by atoms with Crippen molar-refractivity contribution in [1.82, 2.24) is 4.98 Å². The first-order chi connectivity index (χ1) is 7.91. The van der Waals surface area contributed by atoms with Crippen LogP contribution in [0.3, 0.4) is 0 Å². The molecule has 0 bridgehead atoms. The fourth-order valence-corrected chi connectivity index (χ4v) is 1.03. The summed E-state index contributed by atoms with van der Waals surface area (Å²) < 4.78 is 36.6. The number of aromatic carboxylic acids is 1. The quantitative estimate of drug-likeness (QED) is 0.725. The molecule has 0 fully saturated rings. The van der Waals surface area contributed by atoms with Crippen LogP contribution in [0, 0.1) is 5.82 Å². The summed E-state index contributed by atoms with van der Waals surface area (Å²) in [4.78, 5) is 14.1. The lowest BCUT2D eigenvalue weighted by atomic mass is 10.2. The Morgan fingerprint density at radius 1 is 1.53 bits per heavy atom. The fraction of sp³-hybridized carbons (Fsp3) is 0.333. The van der Waals surface area contributed by atoms with Crippen molar-refractivity contribution in [2.45, 2.75) is 12.5 Å². The van der Waals surface area contributed by atoms with Gasteiger partial charge in [0.05, 0.1) is 6.20 Å². The maximum Gasteiger partial charge on any atom is 0.339 e. The number of aliphatic hydroxyl groups is 1. The largest absolute Gasteiger partial charge is 0.478 e. The van der Waals surface area contributed by atoms with E-state index in [1.54, 1.807) is 0 Å². The lowest BCUT2D eigenvalue weighted by Crippen LogP contribution is -2.27. The molecule has 17 heavy (non-hydrogen) atoms. The molecule has 8 heteroatoms. The number of pyridine rings is 1. The van der Waals surface area contributed by atoms with E-state index in [0.29, 0.717) is 6.07 Å². The zero-order valence-electron chi connectivity index (χ0n) is 8.40. The van der Waals surface area contributed by atoms with Crippen LogP contribution in [0.15, 0.2) is 12.3 Å². The number of aliphatic hydroxyl groups excluding tert-OH is 1. The summed E-state index contributed by atoms with van der Waals surface area (Å²) in [6.45, 7) is -0.587. The van der Waals surface area contributed by atoms with Crippen LogP contribution < -0.4 is 5.32 Å². The van der Waals surface area contributed by atoms with E-state index in [0.717, 1.165) is 6.20 Å². The average molecular weight is 250 g/mol. The summed E-state index contributed by atoms with van der Waals surface area (Å²) in [5.74, 6) is -2.59. The molecular formula is C9H9F3N2O3. The van der Waals surface area contributed by atoms with Crippen LogP contribution in [0.4, 0.5) is 19.0 Å². The first-order valence-corrected chi connectivity index (χ1v) is 4.50. The van der Waals surface area contributed by atoms with Crippen LogP contribution in [-0.4, -0.2) is 40.2 Å². The Bertz CT molecular complexity index is 414. The van der Waals surface area contributed by atoms with Crippen molar-refractivity contribution in [2.75, 3.05) is 11.9 Å². The standard InChI is InChI=1S/C9H9F3N2O3/c10-4-1-5(9(16)17)8(13-2-4)14-3-6(15)7(11)12/h1-2,6-7,15H,3H2,(H,13,14)(H,16,17). The second-order valence-electron chi connectivity index (χ2n) is 3.14. The molecule has 0 aliphatic heterocycles. The van der Waals surface area contributed by atoms with Crippen LogP contribution in [0.5, 0.6) is 0 Å². The molecule has 0 saturated heterocycles. The molecule has 5 nitrogen and oxygen atoms in total. The van der Waals surface area contributed by atoms with Crippen molar-refractivity contribution in [3.8, 4) is 0 Å². The third-order valence-corrected chi connectivity index (χ3v) is 1.85. The Morgan fingerprint density at radius 2 is 2.18 bits per heavy atom. The first kappa shape index (κ1) is 13.2. The van der Waals surface area contributed by atoms with Gasteiger partial charge in [0.2, 0.25) is 0 Å². The first-order valence-electron chi connectivity index (χ1n) is 4.50. The van der Waals surface area contributed by atoms with E-state index in [9.17, 15) is 18.0 Å². The van der Waals surface area contributed by atoms with Crippen LogP contribution in [0.25, 0.3) is 0 Å². The number of aromatic nitrogens is 1. The number of hydrogen-bond acceptors (Lipinski definition) is 4. The lowest BCUT2D eigenvalue weighted by molar-refractivity contribution is 0.00379. The minimum atomic E-state index is -2.96. The Balaban J connectivity index is 2.80. The van der Waals surface area contributed by atoms with Gasteiger partial charge in [-0.15, -0.1) is 0 Å². The molecule has 0 amide bonds. The maximum absolute atomic E-state index is 12.7. The van der Waals surface area contributed by atoms with E-state index in [-0.39, 0.29) is 5.82 Å². The predicted octanol–water partition coefficient (Wildman–Crippen LogP) is 0.957. The second-order valence-corrected chi connectivity index (χ2v) is 3.14. The highest BCUT2D eigenvalue weighted by molar-refractivity contribution is 5.93. The molecule has 0 radical (unpaired) electrons. The van der Waals surface area contributed by atoms with Crippen LogP contribution in [0.2, 0.25) is 0 Å². The van der Waals surface area contributed by atoms with Gasteiger partial charge in [-0.1, -0.05) is 0 Å². The highest BCUT2D eigenvalue weighted by atomic mass is 19.3. The van der Waals surface area contributed by atoms with Crippen LogP contribution in [0.1, 0.15) is 10.4 Å². The molecule has 0 spiro atoms. The number of hydrogen-bond donors (Lipinski definition) is 3. The minimum absolute atomic E-state index is 0.279. The summed E-state index contributed by atoms with van der Waals surface area (Å²) in [6.07, 6.45) is -4.18. The molecule has 1 aromatic heterocycles. The topological polar surface area (TPSA) is 82.5 Å². The van der Waals surface area contributed by atoms with E-state index in [1.807, 2.05) is 0 Å². The third kappa shape index (κ3) is 3.59.